The summed E-state index contributed by atoms with van der Waals surface area (Å²) in [4.78, 5) is 27.8. The predicted octanol–water partition coefficient (Wildman–Crippen LogP) is 2.36. The lowest BCUT2D eigenvalue weighted by Gasteiger charge is -2.12. The van der Waals surface area contributed by atoms with Crippen molar-refractivity contribution in [3.63, 3.8) is 0 Å². The first-order chi connectivity index (χ1) is 10.5. The number of thiophene rings is 1. The molecule has 0 bridgehead atoms. The molecule has 2 aromatic heterocycles. The lowest BCUT2D eigenvalue weighted by molar-refractivity contribution is -0.123. The highest BCUT2D eigenvalue weighted by atomic mass is 32.1. The number of carbonyl (C=O) groups is 2. The highest BCUT2D eigenvalue weighted by molar-refractivity contribution is 7.10. The molecule has 0 saturated carbocycles. The largest absolute Gasteiger partial charge is 0.468 e. The van der Waals surface area contributed by atoms with E-state index >= 15 is 0 Å². The molecular formula is C15H17N3O3S. The minimum atomic E-state index is -0.214. The zero-order valence-corrected chi connectivity index (χ0v) is 13.1. The van der Waals surface area contributed by atoms with Crippen molar-refractivity contribution in [1.29, 1.82) is 0 Å². The van der Waals surface area contributed by atoms with Crippen LogP contribution in [0.5, 0.6) is 5.88 Å². The van der Waals surface area contributed by atoms with Gasteiger partial charge in [-0.3, -0.25) is 9.59 Å². The summed E-state index contributed by atoms with van der Waals surface area (Å²) in [5, 5.41) is 7.42. The van der Waals surface area contributed by atoms with Crippen LogP contribution in [-0.2, 0) is 9.59 Å². The second kappa shape index (κ2) is 7.56. The van der Waals surface area contributed by atoms with Gasteiger partial charge in [-0.25, -0.2) is 4.98 Å². The third-order valence-electron chi connectivity index (χ3n) is 2.76. The molecule has 2 heterocycles. The Hall–Kier alpha value is -2.41. The molecule has 2 amide bonds. The molecular weight excluding hydrogens is 302 g/mol. The standard InChI is InChI=1S/C15H17N3O3S/c1-10(13-4-3-7-22-13)17-14(20)9-21-15-6-5-12(8-16-15)18-11(2)19/h3-8,10H,9H2,1-2H3,(H,17,20)(H,18,19). The highest BCUT2D eigenvalue weighted by Gasteiger charge is 2.11. The van der Waals surface area contributed by atoms with Crippen LogP contribution in [0.1, 0.15) is 24.8 Å². The topological polar surface area (TPSA) is 80.3 Å². The fraction of sp³-hybridized carbons (Fsp3) is 0.267. The van der Waals surface area contributed by atoms with Crippen molar-refractivity contribution in [1.82, 2.24) is 10.3 Å². The quantitative estimate of drug-likeness (QED) is 0.856. The molecule has 0 spiro atoms. The van der Waals surface area contributed by atoms with Gasteiger partial charge < -0.3 is 15.4 Å². The molecule has 6 nitrogen and oxygen atoms in total. The van der Waals surface area contributed by atoms with Crippen molar-refractivity contribution < 1.29 is 14.3 Å². The van der Waals surface area contributed by atoms with E-state index in [-0.39, 0.29) is 24.5 Å². The van der Waals surface area contributed by atoms with Gasteiger partial charge in [-0.15, -0.1) is 11.3 Å². The van der Waals surface area contributed by atoms with E-state index in [9.17, 15) is 9.59 Å². The Morgan fingerprint density at radius 1 is 1.36 bits per heavy atom. The third kappa shape index (κ3) is 4.85. The van der Waals surface area contributed by atoms with Crippen molar-refractivity contribution in [3.05, 3.63) is 40.7 Å². The van der Waals surface area contributed by atoms with E-state index in [0.29, 0.717) is 11.6 Å². The molecule has 2 N–H and O–H groups in total. The molecule has 1 unspecified atom stereocenters. The summed E-state index contributed by atoms with van der Waals surface area (Å²) < 4.78 is 5.31. The molecule has 0 aromatic carbocycles. The summed E-state index contributed by atoms with van der Waals surface area (Å²) in [5.41, 5.74) is 0.579. The number of pyridine rings is 1. The van der Waals surface area contributed by atoms with Gasteiger partial charge in [0.2, 0.25) is 11.8 Å². The summed E-state index contributed by atoms with van der Waals surface area (Å²) in [5.74, 6) is -0.0564. The number of hydrogen-bond donors (Lipinski definition) is 2. The Bertz CT molecular complexity index is 626. The normalized spacial score (nSPS) is 11.5. The predicted molar refractivity (Wildman–Crippen MR) is 84.9 cm³/mol. The number of amides is 2. The van der Waals surface area contributed by atoms with Gasteiger partial charge >= 0.3 is 0 Å². The molecule has 22 heavy (non-hydrogen) atoms. The Balaban J connectivity index is 1.79. The summed E-state index contributed by atoms with van der Waals surface area (Å²) >= 11 is 1.59. The average molecular weight is 319 g/mol. The molecule has 0 aliphatic carbocycles. The van der Waals surface area contributed by atoms with Crippen LogP contribution < -0.4 is 15.4 Å². The van der Waals surface area contributed by atoms with Gasteiger partial charge in [-0.2, -0.15) is 0 Å². The monoisotopic (exact) mass is 319 g/mol. The molecule has 116 valence electrons. The maximum absolute atomic E-state index is 11.8. The molecule has 2 aromatic rings. The smallest absolute Gasteiger partial charge is 0.258 e. The van der Waals surface area contributed by atoms with Crippen LogP contribution >= 0.6 is 11.3 Å². The zero-order valence-electron chi connectivity index (χ0n) is 12.3. The molecule has 0 radical (unpaired) electrons. The number of anilines is 1. The van der Waals surface area contributed by atoms with E-state index < -0.39 is 0 Å². The lowest BCUT2D eigenvalue weighted by Crippen LogP contribution is -2.31. The first-order valence-electron chi connectivity index (χ1n) is 6.74. The van der Waals surface area contributed by atoms with E-state index in [4.69, 9.17) is 4.74 Å². The van der Waals surface area contributed by atoms with Crippen LogP contribution in [0.15, 0.2) is 35.8 Å². The van der Waals surface area contributed by atoms with Crippen molar-refractivity contribution in [2.75, 3.05) is 11.9 Å². The van der Waals surface area contributed by atoms with Crippen LogP contribution in [0.2, 0.25) is 0 Å². The van der Waals surface area contributed by atoms with E-state index in [1.807, 2.05) is 24.4 Å². The van der Waals surface area contributed by atoms with Crippen molar-refractivity contribution in [3.8, 4) is 5.88 Å². The Labute approximate surface area is 132 Å². The minimum Gasteiger partial charge on any atom is -0.468 e. The minimum absolute atomic E-state index is 0.0498. The molecule has 0 saturated heterocycles. The van der Waals surface area contributed by atoms with E-state index in [2.05, 4.69) is 15.6 Å². The second-order valence-electron chi connectivity index (χ2n) is 4.66. The average Bonchev–Trinajstić information content (AvgIpc) is 3.00. The number of carbonyl (C=O) groups excluding carboxylic acids is 2. The fourth-order valence-corrected chi connectivity index (χ4v) is 2.51. The zero-order chi connectivity index (χ0) is 15.9. The second-order valence-corrected chi connectivity index (χ2v) is 5.64. The van der Waals surface area contributed by atoms with E-state index in [1.54, 1.807) is 23.5 Å². The lowest BCUT2D eigenvalue weighted by atomic mass is 10.3. The first kappa shape index (κ1) is 16.0. The summed E-state index contributed by atoms with van der Waals surface area (Å²) in [6.07, 6.45) is 1.48. The van der Waals surface area contributed by atoms with Crippen molar-refractivity contribution >= 4 is 28.8 Å². The highest BCUT2D eigenvalue weighted by Crippen LogP contribution is 2.18. The number of nitrogens with zero attached hydrogens (tertiary/aromatic N) is 1. The van der Waals surface area contributed by atoms with E-state index in [1.165, 1.54) is 13.1 Å². The van der Waals surface area contributed by atoms with Gasteiger partial charge in [0.25, 0.3) is 5.91 Å². The van der Waals surface area contributed by atoms with Crippen LogP contribution in [-0.4, -0.2) is 23.4 Å². The van der Waals surface area contributed by atoms with Crippen LogP contribution in [0.25, 0.3) is 0 Å². The van der Waals surface area contributed by atoms with Crippen molar-refractivity contribution in [2.45, 2.75) is 19.9 Å². The maximum Gasteiger partial charge on any atom is 0.258 e. The summed E-state index contributed by atoms with van der Waals surface area (Å²) in [7, 11) is 0. The Morgan fingerprint density at radius 2 is 2.18 bits per heavy atom. The maximum atomic E-state index is 11.8. The van der Waals surface area contributed by atoms with Gasteiger partial charge in [0, 0.05) is 17.9 Å². The molecule has 7 heteroatoms. The van der Waals surface area contributed by atoms with Crippen LogP contribution in [0, 0.1) is 0 Å². The molecule has 2 rings (SSSR count). The Kier molecular flexibility index (Phi) is 5.48. The summed E-state index contributed by atoms with van der Waals surface area (Å²) in [6, 6.07) is 7.13. The SMILES string of the molecule is CC(=O)Nc1ccc(OCC(=O)NC(C)c2cccs2)nc1. The fourth-order valence-electron chi connectivity index (χ4n) is 1.77. The summed E-state index contributed by atoms with van der Waals surface area (Å²) in [6.45, 7) is 3.23. The van der Waals surface area contributed by atoms with E-state index in [0.717, 1.165) is 4.88 Å². The molecule has 0 fully saturated rings. The molecule has 0 aliphatic rings. The van der Waals surface area contributed by atoms with Gasteiger partial charge in [-0.1, -0.05) is 6.07 Å². The number of hydrogen-bond acceptors (Lipinski definition) is 5. The van der Waals surface area contributed by atoms with Crippen LogP contribution in [0.4, 0.5) is 5.69 Å². The van der Waals surface area contributed by atoms with Gasteiger partial charge in [0.05, 0.1) is 17.9 Å². The van der Waals surface area contributed by atoms with Gasteiger partial charge in [-0.05, 0) is 24.4 Å². The van der Waals surface area contributed by atoms with Gasteiger partial charge in [0.1, 0.15) is 0 Å². The van der Waals surface area contributed by atoms with Crippen molar-refractivity contribution in [2.24, 2.45) is 0 Å². The number of rotatable bonds is 6. The Morgan fingerprint density at radius 3 is 2.77 bits per heavy atom. The number of ether oxygens (including phenoxy) is 1. The number of nitrogens with one attached hydrogen (secondary N) is 2. The first-order valence-corrected chi connectivity index (χ1v) is 7.62. The molecule has 0 aliphatic heterocycles. The van der Waals surface area contributed by atoms with Gasteiger partial charge in [0.15, 0.2) is 6.61 Å². The van der Waals surface area contributed by atoms with Crippen LogP contribution in [0.3, 0.4) is 0 Å². The third-order valence-corrected chi connectivity index (χ3v) is 3.81. The number of aromatic nitrogens is 1. The molecule has 1 atom stereocenters.